The predicted molar refractivity (Wildman–Crippen MR) is 66.2 cm³/mol. The number of rotatable bonds is 3. The predicted octanol–water partition coefficient (Wildman–Crippen LogP) is 2.34. The average molecular weight is 292 g/mol. The van der Waals surface area contributed by atoms with Gasteiger partial charge in [0.25, 0.3) is 0 Å². The Morgan fingerprint density at radius 1 is 1.25 bits per heavy atom. The van der Waals surface area contributed by atoms with E-state index in [1.165, 1.54) is 12.0 Å². The first kappa shape index (κ1) is 15.1. The maximum Gasteiger partial charge on any atom is 0.408 e. The summed E-state index contributed by atoms with van der Waals surface area (Å²) in [4.78, 5) is 1.35. The van der Waals surface area contributed by atoms with E-state index < -0.39 is 18.0 Å². The Labute approximate surface area is 114 Å². The maximum absolute atomic E-state index is 13.3. The normalized spacial score (nSPS) is 18.9. The first-order chi connectivity index (χ1) is 9.43. The van der Waals surface area contributed by atoms with Gasteiger partial charge in [-0.15, -0.1) is 0 Å². The second-order valence-electron chi connectivity index (χ2n) is 4.62. The van der Waals surface area contributed by atoms with Gasteiger partial charge in [0.1, 0.15) is 6.04 Å². The van der Waals surface area contributed by atoms with Crippen LogP contribution in [-0.4, -0.2) is 44.4 Å². The summed E-state index contributed by atoms with van der Waals surface area (Å²) < 4.78 is 58.1. The minimum atomic E-state index is -4.42. The minimum absolute atomic E-state index is 0.00218. The molecule has 1 aromatic rings. The van der Waals surface area contributed by atoms with Crippen molar-refractivity contribution in [2.75, 3.05) is 33.3 Å². The molecule has 0 unspecified atom stereocenters. The molecule has 1 atom stereocenters. The van der Waals surface area contributed by atoms with Crippen LogP contribution in [0.15, 0.2) is 18.2 Å². The fourth-order valence-corrected chi connectivity index (χ4v) is 2.39. The number of nitrogens with zero attached hydrogens (tertiary/aromatic N) is 1. The molecule has 3 nitrogen and oxygen atoms in total. The molecule has 0 radical (unpaired) electrons. The van der Waals surface area contributed by atoms with Crippen molar-refractivity contribution in [3.05, 3.63) is 29.6 Å². The first-order valence-electron chi connectivity index (χ1n) is 6.28. The summed E-state index contributed by atoms with van der Waals surface area (Å²) >= 11 is 0. The van der Waals surface area contributed by atoms with Crippen molar-refractivity contribution >= 4 is 0 Å². The maximum atomic E-state index is 13.3. The fourth-order valence-electron chi connectivity index (χ4n) is 2.39. The van der Waals surface area contributed by atoms with Crippen molar-refractivity contribution in [1.29, 1.82) is 0 Å². The number of hydrogen-bond acceptors (Lipinski definition) is 3. The molecule has 0 aromatic heterocycles. The van der Waals surface area contributed by atoms with Gasteiger partial charge in [-0.1, -0.05) is 6.07 Å². The van der Waals surface area contributed by atoms with E-state index in [4.69, 9.17) is 4.74 Å². The Balaban J connectivity index is 2.35. The van der Waals surface area contributed by atoms with E-state index in [2.05, 4.69) is 5.32 Å². The lowest BCUT2D eigenvalue weighted by Gasteiger charge is -2.36. The van der Waals surface area contributed by atoms with Crippen molar-refractivity contribution in [3.63, 3.8) is 0 Å². The molecule has 0 bridgehead atoms. The van der Waals surface area contributed by atoms with Gasteiger partial charge in [-0.3, -0.25) is 4.90 Å². The Morgan fingerprint density at radius 3 is 2.45 bits per heavy atom. The van der Waals surface area contributed by atoms with Gasteiger partial charge in [0.05, 0.1) is 7.11 Å². The van der Waals surface area contributed by atoms with E-state index in [1.54, 1.807) is 0 Å². The summed E-state index contributed by atoms with van der Waals surface area (Å²) in [6, 6.07) is 1.56. The summed E-state index contributed by atoms with van der Waals surface area (Å²) in [5.41, 5.74) is -0.00218. The molecule has 7 heteroatoms. The third kappa shape index (κ3) is 3.21. The van der Waals surface area contributed by atoms with Crippen LogP contribution in [0.4, 0.5) is 17.6 Å². The Morgan fingerprint density at radius 2 is 1.90 bits per heavy atom. The Bertz CT molecular complexity index is 458. The molecule has 0 aliphatic carbocycles. The van der Waals surface area contributed by atoms with E-state index in [9.17, 15) is 17.6 Å². The second kappa shape index (κ2) is 5.97. The number of halogens is 4. The lowest BCUT2D eigenvalue weighted by molar-refractivity contribution is -0.187. The average Bonchev–Trinajstić information content (AvgIpc) is 2.40. The van der Waals surface area contributed by atoms with Crippen molar-refractivity contribution < 1.29 is 22.3 Å². The quantitative estimate of drug-likeness (QED) is 0.866. The van der Waals surface area contributed by atoms with Crippen LogP contribution in [0, 0.1) is 5.82 Å². The van der Waals surface area contributed by atoms with E-state index in [1.807, 2.05) is 0 Å². The number of hydrogen-bond donors (Lipinski definition) is 1. The summed E-state index contributed by atoms with van der Waals surface area (Å²) in [5.74, 6) is -0.843. The third-order valence-electron chi connectivity index (χ3n) is 3.32. The second-order valence-corrected chi connectivity index (χ2v) is 4.62. The molecule has 1 saturated heterocycles. The molecule has 1 heterocycles. The summed E-state index contributed by atoms with van der Waals surface area (Å²) in [7, 11) is 1.23. The number of nitrogens with one attached hydrogen (secondary N) is 1. The number of ether oxygens (including phenoxy) is 1. The molecule has 1 aliphatic rings. The van der Waals surface area contributed by atoms with Gasteiger partial charge in [0.2, 0.25) is 0 Å². The largest absolute Gasteiger partial charge is 0.494 e. The number of alkyl halides is 3. The van der Waals surface area contributed by atoms with Crippen molar-refractivity contribution in [3.8, 4) is 5.75 Å². The van der Waals surface area contributed by atoms with Crippen LogP contribution in [0.5, 0.6) is 5.75 Å². The lowest BCUT2D eigenvalue weighted by atomic mass is 10.0. The van der Waals surface area contributed by atoms with Crippen LogP contribution in [0.2, 0.25) is 0 Å². The summed E-state index contributed by atoms with van der Waals surface area (Å²) in [6.45, 7) is 1.60. The monoisotopic (exact) mass is 292 g/mol. The van der Waals surface area contributed by atoms with Crippen LogP contribution < -0.4 is 10.1 Å². The molecule has 0 amide bonds. The van der Waals surface area contributed by atoms with E-state index in [0.29, 0.717) is 26.2 Å². The highest BCUT2D eigenvalue weighted by atomic mass is 19.4. The zero-order chi connectivity index (χ0) is 14.8. The van der Waals surface area contributed by atoms with Crippen LogP contribution in [-0.2, 0) is 0 Å². The van der Waals surface area contributed by atoms with Crippen molar-refractivity contribution in [1.82, 2.24) is 10.2 Å². The number of benzene rings is 1. The van der Waals surface area contributed by atoms with Gasteiger partial charge in [-0.2, -0.15) is 13.2 Å². The van der Waals surface area contributed by atoms with E-state index in [-0.39, 0.29) is 11.3 Å². The van der Waals surface area contributed by atoms with Crippen LogP contribution in [0.25, 0.3) is 0 Å². The smallest absolute Gasteiger partial charge is 0.408 e. The highest BCUT2D eigenvalue weighted by molar-refractivity contribution is 5.33. The minimum Gasteiger partial charge on any atom is -0.494 e. The summed E-state index contributed by atoms with van der Waals surface area (Å²) in [5, 5.41) is 3.01. The molecule has 2 rings (SSSR count). The molecular formula is C13H16F4N2O. The lowest BCUT2D eigenvalue weighted by Crippen LogP contribution is -2.49. The Hall–Kier alpha value is -1.34. The molecule has 1 aliphatic heterocycles. The highest BCUT2D eigenvalue weighted by Crippen LogP contribution is 2.39. The van der Waals surface area contributed by atoms with E-state index >= 15 is 0 Å². The SMILES string of the molecule is COc1cc([C@H](N2CCNCC2)C(F)(F)F)ccc1F. The molecule has 112 valence electrons. The zero-order valence-corrected chi connectivity index (χ0v) is 11.0. The van der Waals surface area contributed by atoms with Crippen molar-refractivity contribution in [2.45, 2.75) is 12.2 Å². The van der Waals surface area contributed by atoms with Gasteiger partial charge >= 0.3 is 6.18 Å². The van der Waals surface area contributed by atoms with Crippen molar-refractivity contribution in [2.24, 2.45) is 0 Å². The number of piperazine rings is 1. The fraction of sp³-hybridized carbons (Fsp3) is 0.538. The zero-order valence-electron chi connectivity index (χ0n) is 11.0. The molecular weight excluding hydrogens is 276 g/mol. The molecule has 1 N–H and O–H groups in total. The van der Waals surface area contributed by atoms with Crippen LogP contribution in [0.3, 0.4) is 0 Å². The molecule has 1 aromatic carbocycles. The molecule has 0 saturated carbocycles. The molecule has 1 fully saturated rings. The van der Waals surface area contributed by atoms with Gasteiger partial charge in [-0.05, 0) is 17.7 Å². The van der Waals surface area contributed by atoms with Gasteiger partial charge in [-0.25, -0.2) is 4.39 Å². The van der Waals surface area contributed by atoms with Crippen LogP contribution >= 0.6 is 0 Å². The van der Waals surface area contributed by atoms with Crippen LogP contribution in [0.1, 0.15) is 11.6 Å². The first-order valence-corrected chi connectivity index (χ1v) is 6.28. The van der Waals surface area contributed by atoms with E-state index in [0.717, 1.165) is 18.2 Å². The van der Waals surface area contributed by atoms with Gasteiger partial charge in [0, 0.05) is 26.2 Å². The third-order valence-corrected chi connectivity index (χ3v) is 3.32. The van der Waals surface area contributed by atoms with Gasteiger partial charge in [0.15, 0.2) is 11.6 Å². The molecule has 20 heavy (non-hydrogen) atoms. The number of methoxy groups -OCH3 is 1. The molecule has 0 spiro atoms. The Kier molecular flexibility index (Phi) is 4.49. The van der Waals surface area contributed by atoms with Gasteiger partial charge < -0.3 is 10.1 Å². The standard InChI is InChI=1S/C13H16F4N2O/c1-20-11-8-9(2-3-10(11)14)12(13(15,16)17)19-6-4-18-5-7-19/h2-3,8,12,18H,4-7H2,1H3/t12-/m0/s1. The highest BCUT2D eigenvalue weighted by Gasteiger charge is 2.45. The topological polar surface area (TPSA) is 24.5 Å². The summed E-state index contributed by atoms with van der Waals surface area (Å²) in [6.07, 6.45) is -4.42.